The number of aromatic hydroxyl groups is 1. The van der Waals surface area contributed by atoms with Gasteiger partial charge in [-0.15, -0.1) is 0 Å². The average molecular weight is 281 g/mol. The molecule has 0 saturated carbocycles. The van der Waals surface area contributed by atoms with Gasteiger partial charge in [0.1, 0.15) is 17.2 Å². The number of benzene rings is 1. The number of aliphatic hydroxyl groups excluding tert-OH is 1. The lowest BCUT2D eigenvalue weighted by Gasteiger charge is -2.02. The van der Waals surface area contributed by atoms with Crippen molar-refractivity contribution in [3.63, 3.8) is 0 Å². The first-order valence-corrected chi connectivity index (χ1v) is 6.17. The zero-order chi connectivity index (χ0) is 14.8. The van der Waals surface area contributed by atoms with E-state index in [1.807, 2.05) is 0 Å². The van der Waals surface area contributed by atoms with E-state index in [-0.39, 0.29) is 17.2 Å². The lowest BCUT2D eigenvalue weighted by atomic mass is 10.1. The minimum atomic E-state index is -0.429. The van der Waals surface area contributed by atoms with Crippen LogP contribution in [0.2, 0.25) is 0 Å². The number of hydrogen-bond donors (Lipinski definition) is 3. The smallest absolute Gasteiger partial charge is 0.274 e. The van der Waals surface area contributed by atoms with Crippen molar-refractivity contribution in [2.45, 2.75) is 0 Å². The number of aromatic nitrogens is 3. The molecule has 0 unspecified atom stereocenters. The summed E-state index contributed by atoms with van der Waals surface area (Å²) in [5, 5.41) is 19.4. The molecule has 6 nitrogen and oxygen atoms in total. The molecule has 0 fully saturated rings. The van der Waals surface area contributed by atoms with E-state index in [1.165, 1.54) is 24.4 Å². The maximum absolute atomic E-state index is 11.9. The Hall–Kier alpha value is -3.15. The monoisotopic (exact) mass is 281 g/mol. The number of phenolic OH excluding ortho intramolecular Hbond substituents is 1. The average Bonchev–Trinajstić information content (AvgIpc) is 2.48. The molecule has 0 spiro atoms. The Labute approximate surface area is 119 Å². The molecule has 0 atom stereocenters. The number of rotatable bonds is 2. The van der Waals surface area contributed by atoms with Crippen molar-refractivity contribution < 1.29 is 10.2 Å². The summed E-state index contributed by atoms with van der Waals surface area (Å²) in [6.45, 7) is 0. The number of fused-ring (bicyclic) bond motifs is 1. The van der Waals surface area contributed by atoms with Crippen molar-refractivity contribution in [2.75, 3.05) is 0 Å². The lowest BCUT2D eigenvalue weighted by Crippen LogP contribution is -2.12. The van der Waals surface area contributed by atoms with Crippen LogP contribution in [0.5, 0.6) is 5.75 Å². The Morgan fingerprint density at radius 3 is 2.95 bits per heavy atom. The number of aliphatic hydroxyl groups is 1. The molecule has 0 amide bonds. The van der Waals surface area contributed by atoms with Crippen molar-refractivity contribution in [3.8, 4) is 5.75 Å². The summed E-state index contributed by atoms with van der Waals surface area (Å²) >= 11 is 0. The standard InChI is InChI=1S/C15H11N3O3/c19-10-3-1-2-9(6-10)14(20)7-12-15(21)18-13-8-16-5-4-11(13)17-12/h1-8,19-20H,(H,18,21)/b14-7-. The molecule has 3 aromatic rings. The van der Waals surface area contributed by atoms with Crippen molar-refractivity contribution in [1.82, 2.24) is 15.0 Å². The summed E-state index contributed by atoms with van der Waals surface area (Å²) in [5.41, 5.74) is 1.14. The Morgan fingerprint density at radius 1 is 1.29 bits per heavy atom. The van der Waals surface area contributed by atoms with Gasteiger partial charge in [0.2, 0.25) is 0 Å². The van der Waals surface area contributed by atoms with E-state index in [2.05, 4.69) is 15.0 Å². The Balaban J connectivity index is 2.10. The van der Waals surface area contributed by atoms with Crippen LogP contribution in [-0.4, -0.2) is 25.2 Å². The molecule has 0 aliphatic carbocycles. The SMILES string of the molecule is O=c1[nH]c2cnccc2nc1/C=C(\O)c1cccc(O)c1. The fraction of sp³-hybridized carbons (Fsp3) is 0. The van der Waals surface area contributed by atoms with Crippen LogP contribution in [0, 0.1) is 0 Å². The first kappa shape index (κ1) is 12.9. The largest absolute Gasteiger partial charge is 0.508 e. The van der Waals surface area contributed by atoms with Crippen LogP contribution in [-0.2, 0) is 0 Å². The van der Waals surface area contributed by atoms with Gasteiger partial charge in [-0.1, -0.05) is 12.1 Å². The molecule has 3 N–H and O–H groups in total. The Bertz CT molecular complexity index is 900. The quantitative estimate of drug-likeness (QED) is 0.624. The van der Waals surface area contributed by atoms with Gasteiger partial charge in [-0.2, -0.15) is 0 Å². The van der Waals surface area contributed by atoms with E-state index in [0.717, 1.165) is 0 Å². The highest BCUT2D eigenvalue weighted by Gasteiger charge is 2.06. The summed E-state index contributed by atoms with van der Waals surface area (Å²) in [5.74, 6) is -0.129. The van der Waals surface area contributed by atoms with E-state index >= 15 is 0 Å². The molecule has 3 rings (SSSR count). The predicted molar refractivity (Wildman–Crippen MR) is 78.8 cm³/mol. The fourth-order valence-electron chi connectivity index (χ4n) is 1.92. The number of phenols is 1. The van der Waals surface area contributed by atoms with Crippen LogP contribution in [0.4, 0.5) is 0 Å². The van der Waals surface area contributed by atoms with Gasteiger partial charge in [-0.25, -0.2) is 4.98 Å². The minimum absolute atomic E-state index is 0.0268. The number of nitrogens with zero attached hydrogens (tertiary/aromatic N) is 2. The topological polar surface area (TPSA) is 99.1 Å². The van der Waals surface area contributed by atoms with Crippen LogP contribution >= 0.6 is 0 Å². The molecule has 1 aromatic carbocycles. The third-order valence-electron chi connectivity index (χ3n) is 2.94. The van der Waals surface area contributed by atoms with E-state index in [4.69, 9.17) is 0 Å². The fourth-order valence-corrected chi connectivity index (χ4v) is 1.92. The maximum atomic E-state index is 11.9. The third-order valence-corrected chi connectivity index (χ3v) is 2.94. The highest BCUT2D eigenvalue weighted by atomic mass is 16.3. The number of hydrogen-bond acceptors (Lipinski definition) is 5. The molecule has 21 heavy (non-hydrogen) atoms. The van der Waals surface area contributed by atoms with Crippen LogP contribution in [0.3, 0.4) is 0 Å². The lowest BCUT2D eigenvalue weighted by molar-refractivity contribution is 0.473. The van der Waals surface area contributed by atoms with Crippen molar-refractivity contribution in [3.05, 3.63) is 64.3 Å². The number of nitrogens with one attached hydrogen (secondary N) is 1. The van der Waals surface area contributed by atoms with Crippen LogP contribution < -0.4 is 5.56 Å². The molecule has 0 aliphatic heterocycles. The van der Waals surface area contributed by atoms with E-state index in [1.54, 1.807) is 24.4 Å². The normalized spacial score (nSPS) is 11.7. The predicted octanol–water partition coefficient (Wildman–Crippen LogP) is 2.08. The van der Waals surface area contributed by atoms with Gasteiger partial charge in [0.15, 0.2) is 0 Å². The first-order chi connectivity index (χ1) is 10.1. The molecule has 0 radical (unpaired) electrons. The number of pyridine rings is 1. The summed E-state index contributed by atoms with van der Waals surface area (Å²) in [6, 6.07) is 7.76. The minimum Gasteiger partial charge on any atom is -0.508 e. The number of H-pyrrole nitrogens is 1. The van der Waals surface area contributed by atoms with Crippen molar-refractivity contribution >= 4 is 22.9 Å². The van der Waals surface area contributed by atoms with E-state index in [0.29, 0.717) is 16.6 Å². The second kappa shape index (κ2) is 5.09. The first-order valence-electron chi connectivity index (χ1n) is 6.17. The molecule has 0 bridgehead atoms. The summed E-state index contributed by atoms with van der Waals surface area (Å²) in [4.78, 5) is 22.6. The zero-order valence-electron chi connectivity index (χ0n) is 10.8. The molecule has 104 valence electrons. The zero-order valence-corrected chi connectivity index (χ0v) is 10.8. The van der Waals surface area contributed by atoms with Crippen molar-refractivity contribution in [1.29, 1.82) is 0 Å². The molecule has 2 heterocycles. The second-order valence-electron chi connectivity index (χ2n) is 4.42. The van der Waals surface area contributed by atoms with Gasteiger partial charge in [0, 0.05) is 17.8 Å². The van der Waals surface area contributed by atoms with Gasteiger partial charge >= 0.3 is 0 Å². The third kappa shape index (κ3) is 2.59. The number of aromatic amines is 1. The molecule has 0 aliphatic rings. The summed E-state index contributed by atoms with van der Waals surface area (Å²) < 4.78 is 0. The molecular weight excluding hydrogens is 270 g/mol. The van der Waals surface area contributed by atoms with Gasteiger partial charge < -0.3 is 15.2 Å². The Kier molecular flexibility index (Phi) is 3.12. The van der Waals surface area contributed by atoms with Gasteiger partial charge in [0.05, 0.1) is 17.2 Å². The van der Waals surface area contributed by atoms with Gasteiger partial charge in [0.25, 0.3) is 5.56 Å². The van der Waals surface area contributed by atoms with E-state index < -0.39 is 5.56 Å². The highest BCUT2D eigenvalue weighted by Crippen LogP contribution is 2.18. The van der Waals surface area contributed by atoms with Crippen LogP contribution in [0.1, 0.15) is 11.3 Å². The molecule has 6 heteroatoms. The second-order valence-corrected chi connectivity index (χ2v) is 4.42. The van der Waals surface area contributed by atoms with Crippen molar-refractivity contribution in [2.24, 2.45) is 0 Å². The molecule has 0 saturated heterocycles. The summed E-state index contributed by atoms with van der Waals surface area (Å²) in [7, 11) is 0. The maximum Gasteiger partial charge on any atom is 0.274 e. The van der Waals surface area contributed by atoms with E-state index in [9.17, 15) is 15.0 Å². The Morgan fingerprint density at radius 2 is 2.14 bits per heavy atom. The highest BCUT2D eigenvalue weighted by molar-refractivity contribution is 5.78. The molecule has 2 aromatic heterocycles. The summed E-state index contributed by atoms with van der Waals surface area (Å²) in [6.07, 6.45) is 4.33. The van der Waals surface area contributed by atoms with Gasteiger partial charge in [-0.05, 0) is 18.2 Å². The van der Waals surface area contributed by atoms with Crippen LogP contribution in [0.25, 0.3) is 22.9 Å². The van der Waals surface area contributed by atoms with Crippen LogP contribution in [0.15, 0.2) is 47.5 Å². The molecular formula is C15H11N3O3. The van der Waals surface area contributed by atoms with Gasteiger partial charge in [-0.3, -0.25) is 9.78 Å².